The van der Waals surface area contributed by atoms with Crippen molar-refractivity contribution in [2.24, 2.45) is 0 Å². The second kappa shape index (κ2) is 17.9. The molecule has 0 fully saturated rings. The average molecular weight is 859 g/mol. The van der Waals surface area contributed by atoms with Crippen molar-refractivity contribution in [3.8, 4) is 23.0 Å². The van der Waals surface area contributed by atoms with Crippen molar-refractivity contribution in [3.63, 3.8) is 0 Å². The molecule has 2 aliphatic rings. The number of aryl methyl sites for hydroxylation is 4. The topological polar surface area (TPSA) is 173 Å². The summed E-state index contributed by atoms with van der Waals surface area (Å²) in [6.45, 7) is 18.2. The van der Waals surface area contributed by atoms with Crippen molar-refractivity contribution in [1.29, 1.82) is 0 Å². The van der Waals surface area contributed by atoms with Crippen LogP contribution < -0.4 is 27.6 Å². The first-order chi connectivity index (χ1) is 26.7. The maximum absolute atomic E-state index is 14.1. The zero-order chi connectivity index (χ0) is 42.1. The van der Waals surface area contributed by atoms with Gasteiger partial charge in [0.15, 0.2) is 8.32 Å². The maximum Gasteiger partial charge on any atom is 0.265 e. The Morgan fingerprint density at radius 3 is 1.41 bits per heavy atom. The molecule has 13 nitrogen and oxygen atoms in total. The van der Waals surface area contributed by atoms with E-state index in [2.05, 4.69) is 33.9 Å². The molecule has 0 spiro atoms. The molecule has 0 saturated heterocycles. The SMILES string of the molecule is COc1cc(C)c(S(=O)(=O)N2c3ccccc3OCC2CO)c(C)c1.COc1cc(C)c(S(=O)(=O)N2c3ccccc3OCC2CO[Si](C)(C)C(C)(C)C)c(C)c1.O. The number of benzene rings is 4. The van der Waals surface area contributed by atoms with E-state index in [1.807, 2.05) is 12.1 Å². The van der Waals surface area contributed by atoms with Crippen molar-refractivity contribution < 1.29 is 50.8 Å². The largest absolute Gasteiger partial charge is 0.497 e. The molecule has 2 atom stereocenters. The van der Waals surface area contributed by atoms with E-state index in [0.717, 1.165) is 0 Å². The highest BCUT2D eigenvalue weighted by Gasteiger charge is 2.43. The van der Waals surface area contributed by atoms with E-state index in [0.29, 0.717) is 61.5 Å². The van der Waals surface area contributed by atoms with Crippen molar-refractivity contribution >= 4 is 39.7 Å². The lowest BCUT2D eigenvalue weighted by atomic mass is 10.1. The molecular weight excluding hydrogens is 801 g/mol. The summed E-state index contributed by atoms with van der Waals surface area (Å²) in [7, 11) is -6.72. The molecule has 6 rings (SSSR count). The number of fused-ring (bicyclic) bond motifs is 2. The number of aliphatic hydroxyl groups is 1. The minimum absolute atomic E-state index is 0. The van der Waals surface area contributed by atoms with Crippen molar-refractivity contribution in [2.45, 2.75) is 88.5 Å². The number of methoxy groups -OCH3 is 2. The minimum atomic E-state index is -3.89. The Kier molecular flexibility index (Phi) is 14.3. The monoisotopic (exact) mass is 858 g/mol. The second-order valence-electron chi connectivity index (χ2n) is 15.9. The summed E-state index contributed by atoms with van der Waals surface area (Å²) in [4.78, 5) is 0.524. The van der Waals surface area contributed by atoms with Gasteiger partial charge in [-0.15, -0.1) is 0 Å². The van der Waals surface area contributed by atoms with Crippen molar-refractivity contribution in [2.75, 3.05) is 49.3 Å². The Morgan fingerprint density at radius 2 is 1.05 bits per heavy atom. The number of anilines is 2. The first-order valence-electron chi connectivity index (χ1n) is 18.8. The van der Waals surface area contributed by atoms with Gasteiger partial charge in [-0.25, -0.2) is 16.8 Å². The fourth-order valence-corrected chi connectivity index (χ4v) is 12.1. The van der Waals surface area contributed by atoms with Gasteiger partial charge in [-0.05, 0) is 117 Å². The van der Waals surface area contributed by atoms with Crippen LogP contribution in [0.3, 0.4) is 0 Å². The van der Waals surface area contributed by atoms with Crippen LogP contribution in [-0.4, -0.2) is 88.5 Å². The molecule has 0 bridgehead atoms. The molecule has 4 aromatic rings. The molecule has 4 aromatic carbocycles. The normalized spacial score (nSPS) is 16.7. The van der Waals surface area contributed by atoms with Crippen LogP contribution in [0.2, 0.25) is 18.1 Å². The summed E-state index contributed by atoms with van der Waals surface area (Å²) < 4.78 is 86.5. The van der Waals surface area contributed by atoms with Gasteiger partial charge in [-0.2, -0.15) is 0 Å². The summed E-state index contributed by atoms with van der Waals surface area (Å²) in [5, 5.41) is 9.73. The third kappa shape index (κ3) is 9.11. The third-order valence-corrected chi connectivity index (χ3v) is 19.6. The lowest BCUT2D eigenvalue weighted by molar-refractivity contribution is 0.197. The Bertz CT molecular complexity index is 2270. The molecule has 0 aliphatic carbocycles. The summed E-state index contributed by atoms with van der Waals surface area (Å²) in [6, 6.07) is 20.0. The number of hydrogen-bond donors (Lipinski definition) is 1. The molecule has 58 heavy (non-hydrogen) atoms. The van der Waals surface area contributed by atoms with E-state index < -0.39 is 40.4 Å². The second-order valence-corrected chi connectivity index (χ2v) is 24.2. The molecule has 16 heteroatoms. The van der Waals surface area contributed by atoms with Crippen LogP contribution in [0.4, 0.5) is 11.4 Å². The number of nitrogens with zero attached hydrogens (tertiary/aromatic N) is 2. The van der Waals surface area contributed by atoms with Gasteiger partial charge in [0.2, 0.25) is 0 Å². The molecule has 0 radical (unpaired) electrons. The Labute approximate surface area is 345 Å². The van der Waals surface area contributed by atoms with Crippen LogP contribution in [0.1, 0.15) is 43.0 Å². The Balaban J connectivity index is 0.000000259. The van der Waals surface area contributed by atoms with Gasteiger partial charge in [-0.1, -0.05) is 45.0 Å². The predicted octanol–water partition coefficient (Wildman–Crippen LogP) is 6.73. The molecule has 3 N–H and O–H groups in total. The number of rotatable bonds is 10. The molecule has 2 unspecified atom stereocenters. The van der Waals surface area contributed by atoms with Gasteiger partial charge in [0.1, 0.15) is 48.3 Å². The van der Waals surface area contributed by atoms with E-state index in [9.17, 15) is 21.9 Å². The standard InChI is InChI=1S/C24H35NO5SSi.C18H21NO5S.H2O/c1-17-13-20(28-6)14-18(2)23(17)31(26,27)25-19(16-30-32(7,8)24(3,4)5)15-29-22-12-10-9-11-21(22)25;1-12-8-15(23-3)9-13(2)18(12)25(21,22)19-14(10-20)11-24-17-7-5-4-6-16(17)19;/h9-14,19H,15-16H2,1-8H3;4-9,14,20H,10-11H2,1-3H3;1H2. The highest BCUT2D eigenvalue weighted by molar-refractivity contribution is 7.93. The zero-order valence-corrected chi connectivity index (χ0v) is 37.9. The van der Waals surface area contributed by atoms with Gasteiger partial charge in [0, 0.05) is 0 Å². The summed E-state index contributed by atoms with van der Waals surface area (Å²) >= 11 is 0. The van der Waals surface area contributed by atoms with Crippen molar-refractivity contribution in [1.82, 2.24) is 0 Å². The van der Waals surface area contributed by atoms with Gasteiger partial charge in [0.25, 0.3) is 20.0 Å². The van der Waals surface area contributed by atoms with Crippen LogP contribution >= 0.6 is 0 Å². The van der Waals surface area contributed by atoms with E-state index in [-0.39, 0.29) is 41.8 Å². The number of para-hydroxylation sites is 4. The molecular formula is C42H58N2O11S2Si. The van der Waals surface area contributed by atoms with Crippen molar-refractivity contribution in [3.05, 3.63) is 95.1 Å². The first-order valence-corrected chi connectivity index (χ1v) is 24.6. The molecule has 318 valence electrons. The zero-order valence-electron chi connectivity index (χ0n) is 35.2. The number of ether oxygens (including phenoxy) is 4. The Morgan fingerprint density at radius 1 is 0.690 bits per heavy atom. The third-order valence-electron chi connectivity index (χ3n) is 10.8. The molecule has 0 saturated carbocycles. The molecule has 2 aliphatic heterocycles. The van der Waals surface area contributed by atoms with Crippen LogP contribution in [-0.2, 0) is 24.5 Å². The highest BCUT2D eigenvalue weighted by Crippen LogP contribution is 2.42. The fourth-order valence-electron chi connectivity index (χ4n) is 6.91. The quantitative estimate of drug-likeness (QED) is 0.169. The van der Waals surface area contributed by atoms with Gasteiger partial charge in [-0.3, -0.25) is 8.61 Å². The van der Waals surface area contributed by atoms with Gasteiger partial charge >= 0.3 is 0 Å². The Hall–Kier alpha value is -4.32. The van der Waals surface area contributed by atoms with E-state index >= 15 is 0 Å². The van der Waals surface area contributed by atoms with E-state index in [1.54, 1.807) is 103 Å². The number of sulfonamides is 2. The smallest absolute Gasteiger partial charge is 0.265 e. The summed E-state index contributed by atoms with van der Waals surface area (Å²) in [6.07, 6.45) is 0. The van der Waals surface area contributed by atoms with E-state index in [4.69, 9.17) is 23.4 Å². The molecule has 2 heterocycles. The predicted molar refractivity (Wildman–Crippen MR) is 230 cm³/mol. The fraction of sp³-hybridized carbons (Fsp3) is 0.429. The first kappa shape index (κ1) is 46.4. The maximum atomic E-state index is 14.1. The lowest BCUT2D eigenvalue weighted by Gasteiger charge is -2.41. The highest BCUT2D eigenvalue weighted by atomic mass is 32.2. The van der Waals surface area contributed by atoms with Crippen LogP contribution in [0.15, 0.2) is 82.6 Å². The summed E-state index contributed by atoms with van der Waals surface area (Å²) in [5.74, 6) is 2.29. The molecule has 0 amide bonds. The van der Waals surface area contributed by atoms with Crippen LogP contribution in [0.5, 0.6) is 23.0 Å². The van der Waals surface area contributed by atoms with Crippen LogP contribution in [0, 0.1) is 27.7 Å². The summed E-state index contributed by atoms with van der Waals surface area (Å²) in [5.41, 5.74) is 3.46. The van der Waals surface area contributed by atoms with Gasteiger partial charge in [0.05, 0.1) is 48.6 Å². The number of aliphatic hydroxyl groups excluding tert-OH is 1. The van der Waals surface area contributed by atoms with Crippen LogP contribution in [0.25, 0.3) is 0 Å². The minimum Gasteiger partial charge on any atom is -0.497 e. The average Bonchev–Trinajstić information content (AvgIpc) is 3.15. The van der Waals surface area contributed by atoms with E-state index in [1.165, 1.54) is 8.61 Å². The number of hydrogen-bond acceptors (Lipinski definition) is 10. The van der Waals surface area contributed by atoms with Gasteiger partial charge < -0.3 is 34.0 Å². The lowest BCUT2D eigenvalue weighted by Crippen LogP contribution is -2.52. The molecule has 0 aromatic heterocycles.